The molecule has 4 heteroatoms. The molecule has 1 aromatic rings. The third-order valence-electron chi connectivity index (χ3n) is 6.65. The van der Waals surface area contributed by atoms with Gasteiger partial charge in [0.2, 0.25) is 11.8 Å². The van der Waals surface area contributed by atoms with E-state index in [0.717, 1.165) is 16.8 Å². The van der Waals surface area contributed by atoms with Crippen LogP contribution in [0.3, 0.4) is 0 Å². The van der Waals surface area contributed by atoms with E-state index < -0.39 is 0 Å². The number of benzene rings is 1. The number of amides is 2. The molecule has 1 aromatic carbocycles. The molecule has 1 aliphatic heterocycles. The highest BCUT2D eigenvalue weighted by Crippen LogP contribution is 2.65. The Hall–Kier alpha value is -2.10. The lowest BCUT2D eigenvalue weighted by molar-refractivity contribution is -0.139. The molecule has 5 aliphatic rings. The van der Waals surface area contributed by atoms with E-state index in [1.807, 2.05) is 32.0 Å². The number of nitrogens with zero attached hydrogens (tertiary/aromatic N) is 1. The number of rotatable bonds is 3. The van der Waals surface area contributed by atoms with Crippen LogP contribution in [0, 0.1) is 49.4 Å². The highest BCUT2D eigenvalue weighted by molar-refractivity contribution is 6.06. The van der Waals surface area contributed by atoms with E-state index in [1.165, 1.54) is 11.3 Å². The first-order valence-electron chi connectivity index (χ1n) is 8.91. The van der Waals surface area contributed by atoms with Gasteiger partial charge in [0.15, 0.2) is 0 Å². The first-order valence-corrected chi connectivity index (χ1v) is 8.91. The van der Waals surface area contributed by atoms with Crippen molar-refractivity contribution in [2.75, 3.05) is 12.0 Å². The number of likely N-dealkylation sites (tertiary alicyclic amines) is 1. The van der Waals surface area contributed by atoms with E-state index in [-0.39, 0.29) is 30.3 Å². The van der Waals surface area contributed by atoms with Crippen molar-refractivity contribution in [1.82, 2.24) is 4.90 Å². The normalized spacial score (nSPS) is 38.3. The molecule has 124 valence electrons. The zero-order valence-electron chi connectivity index (χ0n) is 14.0. The van der Waals surface area contributed by atoms with Crippen molar-refractivity contribution in [3.05, 3.63) is 41.5 Å². The lowest BCUT2D eigenvalue weighted by Gasteiger charge is -2.37. The molecule has 0 radical (unpaired) electrons. The smallest absolute Gasteiger partial charge is 0.235 e. The van der Waals surface area contributed by atoms with Crippen molar-refractivity contribution in [2.45, 2.75) is 20.3 Å². The van der Waals surface area contributed by atoms with Gasteiger partial charge in [-0.2, -0.15) is 0 Å². The van der Waals surface area contributed by atoms with Crippen molar-refractivity contribution < 1.29 is 9.59 Å². The molecule has 1 N–H and O–H groups in total. The summed E-state index contributed by atoms with van der Waals surface area (Å²) in [6.07, 6.45) is 5.64. The maximum Gasteiger partial charge on any atom is 0.235 e. The number of imide groups is 1. The largest absolute Gasteiger partial charge is 0.367 e. The number of aryl methyl sites for hydroxylation is 2. The molecule has 6 rings (SSSR count). The third-order valence-corrected chi connectivity index (χ3v) is 6.65. The van der Waals surface area contributed by atoms with Crippen LogP contribution in [0.2, 0.25) is 0 Å². The fraction of sp³-hybridized carbons (Fsp3) is 0.500. The van der Waals surface area contributed by atoms with Crippen molar-refractivity contribution in [2.24, 2.45) is 35.5 Å². The summed E-state index contributed by atoms with van der Waals surface area (Å²) in [7, 11) is 0. The molecule has 0 unspecified atom stereocenters. The van der Waals surface area contributed by atoms with Gasteiger partial charge in [-0.25, -0.2) is 0 Å². The Labute approximate surface area is 141 Å². The zero-order chi connectivity index (χ0) is 16.6. The molecule has 3 fully saturated rings. The molecular formula is C20H22N2O2. The van der Waals surface area contributed by atoms with Gasteiger partial charge in [-0.15, -0.1) is 0 Å². The molecule has 2 amide bonds. The number of carbonyl (C=O) groups excluding carboxylic acids is 2. The standard InChI is InChI=1S/C20H22N2O2/c1-10-4-3-5-11(2)18(10)21-9-22-19(23)16-12-6-7-13(15-8-14(12)15)17(16)20(22)24/h3-7,12-17,21H,8-9H2,1-2H3/t12-,13-,14-,15-,16-,17+/m1/s1. The predicted octanol–water partition coefficient (Wildman–Crippen LogP) is 2.73. The van der Waals surface area contributed by atoms with Gasteiger partial charge in [-0.1, -0.05) is 30.4 Å². The molecule has 0 spiro atoms. The van der Waals surface area contributed by atoms with E-state index in [2.05, 4.69) is 17.5 Å². The van der Waals surface area contributed by atoms with Gasteiger partial charge in [-0.05, 0) is 55.1 Å². The minimum atomic E-state index is -0.101. The summed E-state index contributed by atoms with van der Waals surface area (Å²) in [6.45, 7) is 4.37. The van der Waals surface area contributed by atoms with Gasteiger partial charge < -0.3 is 5.32 Å². The number of para-hydroxylation sites is 1. The Morgan fingerprint density at radius 3 is 2.08 bits per heavy atom. The fourth-order valence-electron chi connectivity index (χ4n) is 5.43. The molecule has 4 aliphatic carbocycles. The maximum atomic E-state index is 12.9. The van der Waals surface area contributed by atoms with Crippen LogP contribution in [0.4, 0.5) is 5.69 Å². The van der Waals surface area contributed by atoms with E-state index >= 15 is 0 Å². The number of allylic oxidation sites excluding steroid dienone is 2. The van der Waals surface area contributed by atoms with Crippen LogP contribution in [0.25, 0.3) is 0 Å². The summed E-state index contributed by atoms with van der Waals surface area (Å²) >= 11 is 0. The molecule has 1 saturated heterocycles. The van der Waals surface area contributed by atoms with Crippen molar-refractivity contribution in [3.63, 3.8) is 0 Å². The van der Waals surface area contributed by atoms with Gasteiger partial charge in [0, 0.05) is 5.69 Å². The number of nitrogens with one attached hydrogen (secondary N) is 1. The SMILES string of the molecule is Cc1cccc(C)c1NCN1C(=O)[C@@H]2[C@@H]3C=C[C@H]([C@H]4C[C@H]34)[C@@H]2C1=O. The Morgan fingerprint density at radius 2 is 1.54 bits per heavy atom. The third kappa shape index (κ3) is 1.74. The second kappa shape index (κ2) is 4.71. The Balaban J connectivity index is 1.39. The number of hydrogen-bond donors (Lipinski definition) is 1. The highest BCUT2D eigenvalue weighted by Gasteiger charge is 2.66. The summed E-state index contributed by atoms with van der Waals surface area (Å²) in [5, 5.41) is 3.33. The predicted molar refractivity (Wildman–Crippen MR) is 91.0 cm³/mol. The average Bonchev–Trinajstić information content (AvgIpc) is 3.34. The van der Waals surface area contributed by atoms with Crippen LogP contribution in [-0.4, -0.2) is 23.4 Å². The van der Waals surface area contributed by atoms with Gasteiger partial charge in [0.05, 0.1) is 18.5 Å². The molecule has 2 bridgehead atoms. The number of carbonyl (C=O) groups is 2. The summed E-state index contributed by atoms with van der Waals surface area (Å²) < 4.78 is 0. The second-order valence-corrected chi connectivity index (χ2v) is 7.86. The first kappa shape index (κ1) is 14.3. The lowest BCUT2D eigenvalue weighted by Crippen LogP contribution is -2.40. The maximum absolute atomic E-state index is 12.9. The van der Waals surface area contributed by atoms with Crippen molar-refractivity contribution in [3.8, 4) is 0 Å². The molecule has 4 nitrogen and oxygen atoms in total. The topological polar surface area (TPSA) is 49.4 Å². The first-order chi connectivity index (χ1) is 11.6. The summed E-state index contributed by atoms with van der Waals surface area (Å²) in [6, 6.07) is 6.10. The van der Waals surface area contributed by atoms with Crippen molar-refractivity contribution in [1.29, 1.82) is 0 Å². The van der Waals surface area contributed by atoms with Gasteiger partial charge in [0.25, 0.3) is 0 Å². The van der Waals surface area contributed by atoms with Gasteiger partial charge >= 0.3 is 0 Å². The number of anilines is 1. The summed E-state index contributed by atoms with van der Waals surface area (Å²) in [5.41, 5.74) is 3.29. The monoisotopic (exact) mass is 322 g/mol. The Bertz CT molecular complexity index is 728. The van der Waals surface area contributed by atoms with Crippen LogP contribution < -0.4 is 5.32 Å². The van der Waals surface area contributed by atoms with Crippen LogP contribution in [0.5, 0.6) is 0 Å². The van der Waals surface area contributed by atoms with E-state index in [9.17, 15) is 9.59 Å². The summed E-state index contributed by atoms with van der Waals surface area (Å²) in [5.74, 6) is 1.78. The molecule has 1 heterocycles. The van der Waals surface area contributed by atoms with E-state index in [0.29, 0.717) is 23.7 Å². The van der Waals surface area contributed by atoms with E-state index in [1.54, 1.807) is 0 Å². The second-order valence-electron chi connectivity index (χ2n) is 7.86. The molecule has 2 saturated carbocycles. The summed E-state index contributed by atoms with van der Waals surface area (Å²) in [4.78, 5) is 27.3. The quantitative estimate of drug-likeness (QED) is 0.688. The van der Waals surface area contributed by atoms with Gasteiger partial charge in [-0.3, -0.25) is 14.5 Å². The van der Waals surface area contributed by atoms with E-state index in [4.69, 9.17) is 0 Å². The van der Waals surface area contributed by atoms with Crippen LogP contribution >= 0.6 is 0 Å². The minimum Gasteiger partial charge on any atom is -0.367 e. The molecular weight excluding hydrogens is 300 g/mol. The lowest BCUT2D eigenvalue weighted by atomic mass is 9.63. The Kier molecular flexibility index (Phi) is 2.80. The number of hydrogen-bond acceptors (Lipinski definition) is 3. The van der Waals surface area contributed by atoms with Crippen LogP contribution in [-0.2, 0) is 9.59 Å². The molecule has 6 atom stereocenters. The minimum absolute atomic E-state index is 0.0356. The fourth-order valence-corrected chi connectivity index (χ4v) is 5.43. The van der Waals surface area contributed by atoms with Crippen molar-refractivity contribution >= 4 is 17.5 Å². The molecule has 24 heavy (non-hydrogen) atoms. The molecule has 0 aromatic heterocycles. The average molecular weight is 322 g/mol. The van der Waals surface area contributed by atoms with Gasteiger partial charge in [0.1, 0.15) is 0 Å². The van der Waals surface area contributed by atoms with Crippen LogP contribution in [0.15, 0.2) is 30.4 Å². The Morgan fingerprint density at radius 1 is 1.00 bits per heavy atom. The van der Waals surface area contributed by atoms with Crippen LogP contribution in [0.1, 0.15) is 17.5 Å². The zero-order valence-corrected chi connectivity index (χ0v) is 14.0. The highest BCUT2D eigenvalue weighted by atomic mass is 16.2.